The number of aliphatic hydroxyl groups excluding tert-OH is 1. The van der Waals surface area contributed by atoms with E-state index in [1.807, 2.05) is 0 Å². The van der Waals surface area contributed by atoms with Crippen LogP contribution in [0.2, 0.25) is 0 Å². The maximum absolute atomic E-state index is 12.1. The van der Waals surface area contributed by atoms with E-state index in [-0.39, 0.29) is 10.0 Å². The average molecular weight is 354 g/mol. The first-order valence-corrected chi connectivity index (χ1v) is 5.89. The normalized spacial score (nSPS) is 13.9. The number of alkyl halides is 5. The highest BCUT2D eigenvalue weighted by atomic mass is 79.9. The molecule has 1 atom stereocenters. The minimum absolute atomic E-state index is 0.153. The summed E-state index contributed by atoms with van der Waals surface area (Å²) in [6.07, 6.45) is -6.35. The number of hydrogen-bond acceptors (Lipinski definition) is 2. The lowest BCUT2D eigenvalue weighted by atomic mass is 10.1. The van der Waals surface area contributed by atoms with Crippen molar-refractivity contribution in [2.24, 2.45) is 0 Å². The number of hydrogen-bond donors (Lipinski definition) is 1. The van der Waals surface area contributed by atoms with Crippen molar-refractivity contribution in [1.82, 2.24) is 0 Å². The molecule has 1 aromatic rings. The molecule has 1 N–H and O–H groups in total. The number of halogens is 6. The number of aliphatic hydroxyl groups is 1. The zero-order valence-corrected chi connectivity index (χ0v) is 11.1. The van der Waals surface area contributed by atoms with Crippen LogP contribution < -0.4 is 4.74 Å². The summed E-state index contributed by atoms with van der Waals surface area (Å²) in [6.45, 7) is 0. The van der Waals surface area contributed by atoms with E-state index in [4.69, 9.17) is 23.2 Å². The highest BCUT2D eigenvalue weighted by molar-refractivity contribution is 9.10. The quantitative estimate of drug-likeness (QED) is 0.826. The average Bonchev–Trinajstić information content (AvgIpc) is 2.14. The third kappa shape index (κ3) is 4.21. The summed E-state index contributed by atoms with van der Waals surface area (Å²) in [4.78, 5) is -1.27. The molecule has 96 valence electrons. The van der Waals surface area contributed by atoms with Crippen molar-refractivity contribution >= 4 is 39.1 Å². The Bertz CT molecular complexity index is 398. The summed E-state index contributed by atoms with van der Waals surface area (Å²) in [5, 5.41) is 9.62. The Morgan fingerprint density at radius 3 is 2.35 bits per heavy atom. The van der Waals surface area contributed by atoms with Crippen molar-refractivity contribution in [2.75, 3.05) is 0 Å². The fourth-order valence-corrected chi connectivity index (χ4v) is 1.98. The van der Waals surface area contributed by atoms with E-state index in [9.17, 15) is 18.3 Å². The molecule has 0 aliphatic rings. The first kappa shape index (κ1) is 14.9. The maximum Gasteiger partial charge on any atom is 0.573 e. The van der Waals surface area contributed by atoms with Crippen LogP contribution in [0.3, 0.4) is 0 Å². The molecule has 0 spiro atoms. The molecule has 0 heterocycles. The van der Waals surface area contributed by atoms with Gasteiger partial charge in [0, 0.05) is 10.0 Å². The molecule has 8 heteroatoms. The van der Waals surface area contributed by atoms with Gasteiger partial charge in [-0.1, -0.05) is 22.0 Å². The zero-order valence-electron chi connectivity index (χ0n) is 8.01. The molecule has 0 aromatic heterocycles. The molecule has 1 rings (SSSR count). The highest BCUT2D eigenvalue weighted by Crippen LogP contribution is 2.38. The molecule has 17 heavy (non-hydrogen) atoms. The van der Waals surface area contributed by atoms with Crippen LogP contribution in [0.1, 0.15) is 11.7 Å². The van der Waals surface area contributed by atoms with Gasteiger partial charge in [0.1, 0.15) is 16.7 Å². The van der Waals surface area contributed by atoms with E-state index in [0.717, 1.165) is 6.07 Å². The van der Waals surface area contributed by atoms with Crippen molar-refractivity contribution in [1.29, 1.82) is 0 Å². The monoisotopic (exact) mass is 352 g/mol. The van der Waals surface area contributed by atoms with Crippen LogP contribution in [0.5, 0.6) is 5.75 Å². The molecule has 0 fully saturated rings. The summed E-state index contributed by atoms with van der Waals surface area (Å²) in [5.41, 5.74) is -0.153. The SMILES string of the molecule is OC(c1c(Br)cccc1OC(F)(F)F)C(Cl)Cl. The predicted molar refractivity (Wildman–Crippen MR) is 61.3 cm³/mol. The second kappa shape index (κ2) is 5.65. The Balaban J connectivity index is 3.17. The van der Waals surface area contributed by atoms with Gasteiger partial charge in [-0.2, -0.15) is 0 Å². The van der Waals surface area contributed by atoms with Crippen molar-refractivity contribution < 1.29 is 23.0 Å². The number of benzene rings is 1. The third-order valence-corrected chi connectivity index (χ3v) is 2.94. The molecule has 0 amide bonds. The third-order valence-electron chi connectivity index (χ3n) is 1.77. The minimum Gasteiger partial charge on any atom is -0.405 e. The first-order chi connectivity index (χ1) is 7.72. The van der Waals surface area contributed by atoms with Gasteiger partial charge in [0.05, 0.1) is 0 Å². The molecular formula is C9H6BrCl2F3O2. The van der Waals surface area contributed by atoms with Gasteiger partial charge in [0.25, 0.3) is 0 Å². The lowest BCUT2D eigenvalue weighted by Gasteiger charge is -2.19. The van der Waals surface area contributed by atoms with Crippen molar-refractivity contribution in [3.05, 3.63) is 28.2 Å². The highest BCUT2D eigenvalue weighted by Gasteiger charge is 2.34. The lowest BCUT2D eigenvalue weighted by Crippen LogP contribution is -2.19. The van der Waals surface area contributed by atoms with Gasteiger partial charge in [-0.15, -0.1) is 36.4 Å². The van der Waals surface area contributed by atoms with Gasteiger partial charge in [-0.3, -0.25) is 0 Å². The standard InChI is InChI=1S/C9H6BrCl2F3O2/c10-4-2-1-3-5(17-9(13,14)15)6(4)7(16)8(11)12/h1-3,7-8,16H. The van der Waals surface area contributed by atoms with Crippen LogP contribution >= 0.6 is 39.1 Å². The van der Waals surface area contributed by atoms with Gasteiger partial charge in [0.2, 0.25) is 0 Å². The van der Waals surface area contributed by atoms with Crippen LogP contribution in [0.15, 0.2) is 22.7 Å². The molecular weight excluding hydrogens is 348 g/mol. The summed E-state index contributed by atoms with van der Waals surface area (Å²) >= 11 is 13.9. The molecule has 1 aromatic carbocycles. The maximum atomic E-state index is 12.1. The van der Waals surface area contributed by atoms with Gasteiger partial charge in [0.15, 0.2) is 0 Å². The topological polar surface area (TPSA) is 29.5 Å². The number of rotatable bonds is 3. The van der Waals surface area contributed by atoms with Gasteiger partial charge >= 0.3 is 6.36 Å². The molecule has 0 saturated heterocycles. The second-order valence-corrected chi connectivity index (χ2v) is 5.00. The van der Waals surface area contributed by atoms with Crippen LogP contribution in [0, 0.1) is 0 Å². The Labute approximate surface area is 113 Å². The summed E-state index contributed by atoms with van der Waals surface area (Å²) in [5.74, 6) is -0.550. The minimum atomic E-state index is -4.86. The summed E-state index contributed by atoms with van der Waals surface area (Å²) < 4.78 is 40.4. The summed E-state index contributed by atoms with van der Waals surface area (Å²) in [6, 6.07) is 3.84. The van der Waals surface area contributed by atoms with Crippen LogP contribution in [0.4, 0.5) is 13.2 Å². The molecule has 0 aliphatic carbocycles. The van der Waals surface area contributed by atoms with E-state index >= 15 is 0 Å². The molecule has 0 saturated carbocycles. The van der Waals surface area contributed by atoms with Crippen LogP contribution in [-0.2, 0) is 0 Å². The molecule has 1 unspecified atom stereocenters. The Hall–Kier alpha value is -0.170. The van der Waals surface area contributed by atoms with Crippen molar-refractivity contribution in [3.63, 3.8) is 0 Å². The summed E-state index contributed by atoms with van der Waals surface area (Å²) in [7, 11) is 0. The van der Waals surface area contributed by atoms with Gasteiger partial charge in [-0.25, -0.2) is 0 Å². The Kier molecular flexibility index (Phi) is 4.95. The van der Waals surface area contributed by atoms with Crippen LogP contribution in [-0.4, -0.2) is 16.3 Å². The van der Waals surface area contributed by atoms with E-state index in [2.05, 4.69) is 20.7 Å². The van der Waals surface area contributed by atoms with E-state index in [1.165, 1.54) is 12.1 Å². The fourth-order valence-electron chi connectivity index (χ4n) is 1.14. The molecule has 0 aliphatic heterocycles. The molecule has 0 bridgehead atoms. The lowest BCUT2D eigenvalue weighted by molar-refractivity contribution is -0.275. The zero-order chi connectivity index (χ0) is 13.2. The predicted octanol–water partition coefficient (Wildman–Crippen LogP) is 4.18. The Morgan fingerprint density at radius 2 is 1.88 bits per heavy atom. The first-order valence-electron chi connectivity index (χ1n) is 4.22. The van der Waals surface area contributed by atoms with E-state index in [0.29, 0.717) is 0 Å². The van der Waals surface area contributed by atoms with E-state index < -0.39 is 23.1 Å². The fraction of sp³-hybridized carbons (Fsp3) is 0.333. The van der Waals surface area contributed by atoms with Crippen molar-refractivity contribution in [2.45, 2.75) is 17.3 Å². The van der Waals surface area contributed by atoms with Crippen LogP contribution in [0.25, 0.3) is 0 Å². The largest absolute Gasteiger partial charge is 0.573 e. The second-order valence-electron chi connectivity index (χ2n) is 2.98. The molecule has 0 radical (unpaired) electrons. The van der Waals surface area contributed by atoms with Crippen molar-refractivity contribution in [3.8, 4) is 5.75 Å². The number of ether oxygens (including phenoxy) is 1. The van der Waals surface area contributed by atoms with Gasteiger partial charge < -0.3 is 9.84 Å². The van der Waals surface area contributed by atoms with E-state index in [1.54, 1.807) is 0 Å². The smallest absolute Gasteiger partial charge is 0.405 e. The Morgan fingerprint density at radius 1 is 1.29 bits per heavy atom. The van der Waals surface area contributed by atoms with Gasteiger partial charge in [-0.05, 0) is 12.1 Å². The molecule has 2 nitrogen and oxygen atoms in total.